The van der Waals surface area contributed by atoms with Crippen LogP contribution in [0.15, 0.2) is 16.6 Å². The number of halogens is 1. The fraction of sp³-hybridized carbons (Fsp3) is 0.500. The molecule has 0 aliphatic heterocycles. The van der Waals surface area contributed by atoms with Crippen LogP contribution in [0.3, 0.4) is 0 Å². The van der Waals surface area contributed by atoms with E-state index >= 15 is 0 Å². The molecule has 0 atom stereocenters. The predicted octanol–water partition coefficient (Wildman–Crippen LogP) is 3.52. The van der Waals surface area contributed by atoms with Gasteiger partial charge in [-0.15, -0.1) is 0 Å². The maximum atomic E-state index is 12.0. The van der Waals surface area contributed by atoms with E-state index in [1.807, 2.05) is 0 Å². The van der Waals surface area contributed by atoms with Gasteiger partial charge in [-0.2, -0.15) is 0 Å². The first-order valence-electron chi connectivity index (χ1n) is 7.32. The van der Waals surface area contributed by atoms with Gasteiger partial charge in [-0.3, -0.25) is 4.79 Å². The standard InChI is InChI=1S/C16H19BrO5/c1-3-21-16(19)14(18)10-8-12(17)15(13(9-10)20-2)22-11-6-4-5-7-11/h8-9,11H,3-7H2,1-2H3. The first-order chi connectivity index (χ1) is 10.6. The molecule has 2 rings (SSSR count). The van der Waals surface area contributed by atoms with Crippen molar-refractivity contribution >= 4 is 27.7 Å². The maximum Gasteiger partial charge on any atom is 0.379 e. The van der Waals surface area contributed by atoms with Crippen molar-refractivity contribution in [3.63, 3.8) is 0 Å². The Morgan fingerprint density at radius 2 is 1.95 bits per heavy atom. The molecule has 1 saturated carbocycles. The SMILES string of the molecule is CCOC(=O)C(=O)c1cc(Br)c(OC2CCCC2)c(OC)c1. The van der Waals surface area contributed by atoms with Crippen LogP contribution in [-0.2, 0) is 9.53 Å². The molecule has 120 valence electrons. The summed E-state index contributed by atoms with van der Waals surface area (Å²) in [5, 5.41) is 0. The fourth-order valence-electron chi connectivity index (χ4n) is 2.45. The van der Waals surface area contributed by atoms with Crippen LogP contribution in [0, 0.1) is 0 Å². The molecule has 0 radical (unpaired) electrons. The van der Waals surface area contributed by atoms with Gasteiger partial charge in [0.1, 0.15) is 0 Å². The second-order valence-corrected chi connectivity index (χ2v) is 5.92. The Hall–Kier alpha value is -1.56. The lowest BCUT2D eigenvalue weighted by Crippen LogP contribution is -2.18. The first-order valence-corrected chi connectivity index (χ1v) is 8.11. The molecule has 1 fully saturated rings. The Morgan fingerprint density at radius 3 is 2.55 bits per heavy atom. The van der Waals surface area contributed by atoms with Crippen molar-refractivity contribution in [1.29, 1.82) is 0 Å². The van der Waals surface area contributed by atoms with E-state index in [0.717, 1.165) is 25.7 Å². The smallest absolute Gasteiger partial charge is 0.379 e. The number of carbonyl (C=O) groups excluding carboxylic acids is 2. The van der Waals surface area contributed by atoms with Gasteiger partial charge in [-0.25, -0.2) is 4.79 Å². The number of benzene rings is 1. The summed E-state index contributed by atoms with van der Waals surface area (Å²) < 4.78 is 16.6. The van der Waals surface area contributed by atoms with Crippen molar-refractivity contribution in [3.8, 4) is 11.5 Å². The van der Waals surface area contributed by atoms with Gasteiger partial charge in [0.05, 0.1) is 24.3 Å². The molecule has 0 amide bonds. The second kappa shape index (κ2) is 7.63. The third kappa shape index (κ3) is 3.80. The quantitative estimate of drug-likeness (QED) is 0.435. The minimum absolute atomic E-state index is 0.158. The van der Waals surface area contributed by atoms with E-state index in [-0.39, 0.29) is 18.3 Å². The van der Waals surface area contributed by atoms with Crippen LogP contribution in [0.25, 0.3) is 0 Å². The number of esters is 1. The van der Waals surface area contributed by atoms with Gasteiger partial charge in [0.15, 0.2) is 11.5 Å². The number of ketones is 1. The summed E-state index contributed by atoms with van der Waals surface area (Å²) in [5.41, 5.74) is 0.209. The molecular weight excluding hydrogens is 352 g/mol. The van der Waals surface area contributed by atoms with E-state index in [1.54, 1.807) is 13.0 Å². The van der Waals surface area contributed by atoms with Crippen molar-refractivity contribution < 1.29 is 23.8 Å². The highest BCUT2D eigenvalue weighted by molar-refractivity contribution is 9.10. The molecule has 1 aromatic carbocycles. The lowest BCUT2D eigenvalue weighted by Gasteiger charge is -2.18. The van der Waals surface area contributed by atoms with Crippen LogP contribution in [0.4, 0.5) is 0 Å². The van der Waals surface area contributed by atoms with Gasteiger partial charge in [-0.1, -0.05) is 0 Å². The van der Waals surface area contributed by atoms with Gasteiger partial charge in [0.25, 0.3) is 5.78 Å². The lowest BCUT2D eigenvalue weighted by molar-refractivity contribution is -0.137. The van der Waals surface area contributed by atoms with Crippen LogP contribution in [-0.4, -0.2) is 31.6 Å². The molecule has 6 heteroatoms. The van der Waals surface area contributed by atoms with Crippen molar-refractivity contribution in [2.24, 2.45) is 0 Å². The van der Waals surface area contributed by atoms with Crippen LogP contribution in [0.5, 0.6) is 11.5 Å². The van der Waals surface area contributed by atoms with Gasteiger partial charge in [-0.05, 0) is 60.7 Å². The number of rotatable bonds is 6. The van der Waals surface area contributed by atoms with Crippen LogP contribution >= 0.6 is 15.9 Å². The zero-order chi connectivity index (χ0) is 16.1. The van der Waals surface area contributed by atoms with Crippen LogP contribution < -0.4 is 9.47 Å². The average molecular weight is 371 g/mol. The van der Waals surface area contributed by atoms with Gasteiger partial charge < -0.3 is 14.2 Å². The molecule has 0 unspecified atom stereocenters. The first kappa shape index (κ1) is 16.8. The number of ether oxygens (including phenoxy) is 3. The largest absolute Gasteiger partial charge is 0.493 e. The number of hydrogen-bond acceptors (Lipinski definition) is 5. The molecule has 0 aromatic heterocycles. The second-order valence-electron chi connectivity index (χ2n) is 5.06. The highest BCUT2D eigenvalue weighted by Crippen LogP contribution is 2.39. The molecule has 22 heavy (non-hydrogen) atoms. The van der Waals surface area contributed by atoms with Crippen LogP contribution in [0.2, 0.25) is 0 Å². The van der Waals surface area contributed by atoms with E-state index < -0.39 is 11.8 Å². The maximum absolute atomic E-state index is 12.0. The average Bonchev–Trinajstić information content (AvgIpc) is 3.01. The predicted molar refractivity (Wildman–Crippen MR) is 84.5 cm³/mol. The normalized spacial score (nSPS) is 14.7. The Morgan fingerprint density at radius 1 is 1.27 bits per heavy atom. The summed E-state index contributed by atoms with van der Waals surface area (Å²) >= 11 is 3.39. The van der Waals surface area contributed by atoms with E-state index in [0.29, 0.717) is 16.0 Å². The lowest BCUT2D eigenvalue weighted by atomic mass is 10.1. The number of hydrogen-bond donors (Lipinski definition) is 0. The number of carbonyl (C=O) groups is 2. The van der Waals surface area contributed by atoms with Gasteiger partial charge in [0.2, 0.25) is 0 Å². The van der Waals surface area contributed by atoms with Gasteiger partial charge in [0, 0.05) is 5.56 Å². The Balaban J connectivity index is 2.26. The van der Waals surface area contributed by atoms with E-state index in [1.165, 1.54) is 13.2 Å². The molecule has 1 aliphatic carbocycles. The highest BCUT2D eigenvalue weighted by atomic mass is 79.9. The molecule has 0 spiro atoms. The monoisotopic (exact) mass is 370 g/mol. The van der Waals surface area contributed by atoms with E-state index in [4.69, 9.17) is 14.2 Å². The highest BCUT2D eigenvalue weighted by Gasteiger charge is 2.24. The summed E-state index contributed by atoms with van der Waals surface area (Å²) in [6, 6.07) is 3.07. The Kier molecular flexibility index (Phi) is 5.83. The zero-order valence-electron chi connectivity index (χ0n) is 12.7. The van der Waals surface area contributed by atoms with E-state index in [9.17, 15) is 9.59 Å². The summed E-state index contributed by atoms with van der Waals surface area (Å²) in [6.07, 6.45) is 4.50. The summed E-state index contributed by atoms with van der Waals surface area (Å²) in [6.45, 7) is 1.81. The number of methoxy groups -OCH3 is 1. The number of Topliss-reactive ketones (excluding diaryl/α,β-unsaturated/α-hetero) is 1. The van der Waals surface area contributed by atoms with Crippen molar-refractivity contribution in [2.75, 3.05) is 13.7 Å². The van der Waals surface area contributed by atoms with Crippen molar-refractivity contribution in [2.45, 2.75) is 38.7 Å². The summed E-state index contributed by atoms with van der Waals surface area (Å²) in [5.74, 6) is -0.585. The molecule has 0 heterocycles. The molecule has 0 N–H and O–H groups in total. The van der Waals surface area contributed by atoms with Gasteiger partial charge >= 0.3 is 5.97 Å². The molecule has 0 saturated heterocycles. The third-order valence-corrected chi connectivity index (χ3v) is 4.13. The molecular formula is C16H19BrO5. The summed E-state index contributed by atoms with van der Waals surface area (Å²) in [7, 11) is 1.50. The minimum atomic E-state index is -0.874. The summed E-state index contributed by atoms with van der Waals surface area (Å²) in [4.78, 5) is 23.6. The fourth-order valence-corrected chi connectivity index (χ4v) is 2.99. The molecule has 0 bridgehead atoms. The zero-order valence-corrected chi connectivity index (χ0v) is 14.3. The van der Waals surface area contributed by atoms with Crippen LogP contribution in [0.1, 0.15) is 43.0 Å². The Labute approximate surface area is 138 Å². The minimum Gasteiger partial charge on any atom is -0.493 e. The molecule has 1 aliphatic rings. The molecule has 1 aromatic rings. The Bertz CT molecular complexity index is 564. The van der Waals surface area contributed by atoms with Crippen molar-refractivity contribution in [3.05, 3.63) is 22.2 Å². The molecule has 5 nitrogen and oxygen atoms in total. The van der Waals surface area contributed by atoms with Crippen molar-refractivity contribution in [1.82, 2.24) is 0 Å². The third-order valence-electron chi connectivity index (χ3n) is 3.54. The van der Waals surface area contributed by atoms with E-state index in [2.05, 4.69) is 15.9 Å². The topological polar surface area (TPSA) is 61.8 Å².